The minimum Gasteiger partial charge on any atom is -0.419 e. The molecule has 0 N–H and O–H groups in total. The van der Waals surface area contributed by atoms with E-state index in [0.717, 1.165) is 6.42 Å². The minimum atomic E-state index is -0.621. The molecule has 0 amide bonds. The molecule has 0 aromatic carbocycles. The van der Waals surface area contributed by atoms with Crippen LogP contribution < -0.4 is 0 Å². The molecule has 0 aromatic heterocycles. The van der Waals surface area contributed by atoms with Gasteiger partial charge >= 0.3 is 6.16 Å². The van der Waals surface area contributed by atoms with E-state index in [1.807, 2.05) is 13.8 Å². The average Bonchev–Trinajstić information content (AvgIpc) is 2.26. The van der Waals surface area contributed by atoms with Crippen molar-refractivity contribution < 1.29 is 14.3 Å². The number of carbonyl (C=O) groups is 1. The first kappa shape index (κ1) is 11.1. The van der Waals surface area contributed by atoms with Gasteiger partial charge in [0.15, 0.2) is 5.60 Å². The van der Waals surface area contributed by atoms with Gasteiger partial charge < -0.3 is 9.47 Å². The minimum absolute atomic E-state index is 0.184. The molecular formula is C11H18O3. The average molecular weight is 198 g/mol. The summed E-state index contributed by atoms with van der Waals surface area (Å²) in [7, 11) is 0. The highest BCUT2D eigenvalue weighted by atomic mass is 16.8. The summed E-state index contributed by atoms with van der Waals surface area (Å²) in [5.74, 6) is 1.07. The topological polar surface area (TPSA) is 35.5 Å². The molecule has 1 heterocycles. The molecule has 1 saturated heterocycles. The summed E-state index contributed by atoms with van der Waals surface area (Å²) in [5, 5.41) is 0. The molecule has 1 aliphatic heterocycles. The zero-order valence-corrected chi connectivity index (χ0v) is 9.29. The van der Waals surface area contributed by atoms with E-state index in [-0.39, 0.29) is 5.92 Å². The molecule has 1 fully saturated rings. The number of cyclic esters (lactones) is 2. The molecule has 1 aliphatic rings. The van der Waals surface area contributed by atoms with Crippen molar-refractivity contribution in [2.45, 2.75) is 39.7 Å². The van der Waals surface area contributed by atoms with Crippen molar-refractivity contribution in [3.05, 3.63) is 12.3 Å². The van der Waals surface area contributed by atoms with Crippen molar-refractivity contribution in [1.29, 1.82) is 0 Å². The summed E-state index contributed by atoms with van der Waals surface area (Å²) < 4.78 is 10.2. The molecule has 0 radical (unpaired) electrons. The highest BCUT2D eigenvalue weighted by Gasteiger charge is 2.49. The molecule has 3 nitrogen and oxygen atoms in total. The van der Waals surface area contributed by atoms with Crippen LogP contribution in [-0.2, 0) is 9.47 Å². The van der Waals surface area contributed by atoms with Crippen molar-refractivity contribution in [2.75, 3.05) is 0 Å². The summed E-state index contributed by atoms with van der Waals surface area (Å²) in [5.41, 5.74) is -0.620. The van der Waals surface area contributed by atoms with Crippen molar-refractivity contribution in [3.8, 4) is 0 Å². The molecule has 1 unspecified atom stereocenters. The Morgan fingerprint density at radius 2 is 1.93 bits per heavy atom. The predicted molar refractivity (Wildman–Crippen MR) is 53.7 cm³/mol. The Labute approximate surface area is 85.1 Å². The highest BCUT2D eigenvalue weighted by Crippen LogP contribution is 2.41. The summed E-state index contributed by atoms with van der Waals surface area (Å²) in [6, 6.07) is 0. The van der Waals surface area contributed by atoms with Gasteiger partial charge in [-0.15, -0.1) is 0 Å². The Balaban J connectivity index is 2.93. The number of rotatable bonds is 3. The van der Waals surface area contributed by atoms with Crippen LogP contribution in [0, 0.1) is 11.8 Å². The first-order valence-electron chi connectivity index (χ1n) is 4.98. The molecular weight excluding hydrogens is 180 g/mol. The largest absolute Gasteiger partial charge is 0.514 e. The van der Waals surface area contributed by atoms with E-state index in [1.54, 1.807) is 0 Å². The van der Waals surface area contributed by atoms with Gasteiger partial charge in [0.05, 0.1) is 0 Å². The summed E-state index contributed by atoms with van der Waals surface area (Å²) in [6.07, 6.45) is 0.138. The van der Waals surface area contributed by atoms with Gasteiger partial charge in [0.1, 0.15) is 5.76 Å². The summed E-state index contributed by atoms with van der Waals surface area (Å²) in [4.78, 5) is 11.0. The van der Waals surface area contributed by atoms with Crippen LogP contribution >= 0.6 is 0 Å². The zero-order chi connectivity index (χ0) is 10.9. The second-order valence-electron chi connectivity index (χ2n) is 4.52. The second kappa shape index (κ2) is 3.64. The third-order valence-corrected chi connectivity index (χ3v) is 2.59. The normalized spacial score (nSPS) is 27.0. The molecule has 0 saturated carbocycles. The molecule has 0 bridgehead atoms. The van der Waals surface area contributed by atoms with Crippen molar-refractivity contribution >= 4 is 6.16 Å². The number of carbonyl (C=O) groups excluding carboxylic acids is 1. The van der Waals surface area contributed by atoms with Crippen molar-refractivity contribution in [3.63, 3.8) is 0 Å². The van der Waals surface area contributed by atoms with E-state index < -0.39 is 11.8 Å². The number of hydrogen-bond acceptors (Lipinski definition) is 3. The number of ether oxygens (including phenoxy) is 2. The van der Waals surface area contributed by atoms with Gasteiger partial charge in [-0.3, -0.25) is 0 Å². The predicted octanol–water partition coefficient (Wildman–Crippen LogP) is 3.11. The van der Waals surface area contributed by atoms with Gasteiger partial charge in [0.25, 0.3) is 0 Å². The Morgan fingerprint density at radius 3 is 2.21 bits per heavy atom. The Hall–Kier alpha value is -0.990. The third-order valence-electron chi connectivity index (χ3n) is 2.59. The van der Waals surface area contributed by atoms with E-state index >= 15 is 0 Å². The van der Waals surface area contributed by atoms with Gasteiger partial charge in [-0.1, -0.05) is 34.3 Å². The zero-order valence-electron chi connectivity index (χ0n) is 9.29. The van der Waals surface area contributed by atoms with Crippen LogP contribution in [0.15, 0.2) is 12.3 Å². The van der Waals surface area contributed by atoms with Crippen molar-refractivity contribution in [1.82, 2.24) is 0 Å². The monoisotopic (exact) mass is 198 g/mol. The fraction of sp³-hybridized carbons (Fsp3) is 0.727. The quantitative estimate of drug-likeness (QED) is 0.653. The van der Waals surface area contributed by atoms with E-state index in [9.17, 15) is 4.79 Å². The highest BCUT2D eigenvalue weighted by molar-refractivity contribution is 5.66. The van der Waals surface area contributed by atoms with E-state index in [1.165, 1.54) is 0 Å². The van der Waals surface area contributed by atoms with Gasteiger partial charge in [0.2, 0.25) is 0 Å². The van der Waals surface area contributed by atoms with Gasteiger partial charge in [-0.2, -0.15) is 0 Å². The van der Waals surface area contributed by atoms with Crippen LogP contribution in [0.1, 0.15) is 34.1 Å². The maximum absolute atomic E-state index is 11.0. The first-order valence-corrected chi connectivity index (χ1v) is 4.98. The standard InChI is InChI=1S/C11H18O3/c1-7(2)6-11(8(3)4)9(5)13-10(12)14-11/h7-8H,5-6H2,1-4H3. The molecule has 80 valence electrons. The van der Waals surface area contributed by atoms with Crippen LogP contribution in [0.25, 0.3) is 0 Å². The molecule has 1 atom stereocenters. The Kier molecular flexibility index (Phi) is 2.88. The lowest BCUT2D eigenvalue weighted by molar-refractivity contribution is 0.0170. The van der Waals surface area contributed by atoms with Gasteiger partial charge in [-0.25, -0.2) is 4.79 Å². The fourth-order valence-electron chi connectivity index (χ4n) is 1.85. The molecule has 0 spiro atoms. The fourth-order valence-corrected chi connectivity index (χ4v) is 1.85. The Morgan fingerprint density at radius 1 is 1.36 bits per heavy atom. The van der Waals surface area contributed by atoms with Crippen LogP contribution in [0.2, 0.25) is 0 Å². The van der Waals surface area contributed by atoms with Crippen LogP contribution in [0.5, 0.6) is 0 Å². The van der Waals surface area contributed by atoms with Crippen molar-refractivity contribution in [2.24, 2.45) is 11.8 Å². The van der Waals surface area contributed by atoms with Gasteiger partial charge in [0, 0.05) is 5.92 Å². The maximum Gasteiger partial charge on any atom is 0.514 e. The molecule has 0 aromatic rings. The lowest BCUT2D eigenvalue weighted by Gasteiger charge is -2.31. The summed E-state index contributed by atoms with van der Waals surface area (Å²) >= 11 is 0. The van der Waals surface area contributed by atoms with Crippen LogP contribution in [-0.4, -0.2) is 11.8 Å². The lowest BCUT2D eigenvalue weighted by Crippen LogP contribution is -2.37. The van der Waals surface area contributed by atoms with Crippen LogP contribution in [0.4, 0.5) is 4.79 Å². The lowest BCUT2D eigenvalue weighted by atomic mass is 9.81. The maximum atomic E-state index is 11.0. The van der Waals surface area contributed by atoms with Gasteiger partial charge in [-0.05, 0) is 12.3 Å². The molecule has 3 heteroatoms. The van der Waals surface area contributed by atoms with E-state index in [2.05, 4.69) is 20.4 Å². The smallest absolute Gasteiger partial charge is 0.419 e. The van der Waals surface area contributed by atoms with Crippen LogP contribution in [0.3, 0.4) is 0 Å². The van der Waals surface area contributed by atoms with E-state index in [0.29, 0.717) is 11.7 Å². The molecule has 0 aliphatic carbocycles. The molecule has 14 heavy (non-hydrogen) atoms. The van der Waals surface area contributed by atoms with E-state index in [4.69, 9.17) is 9.47 Å². The molecule has 1 rings (SSSR count). The Bertz CT molecular complexity index is 255. The second-order valence-corrected chi connectivity index (χ2v) is 4.52. The third kappa shape index (κ3) is 1.76. The SMILES string of the molecule is C=C1OC(=O)OC1(CC(C)C)C(C)C. The first-order chi connectivity index (χ1) is 6.38. The summed E-state index contributed by atoms with van der Waals surface area (Å²) in [6.45, 7) is 12.0. The number of hydrogen-bond donors (Lipinski definition) is 0.